The third-order valence-electron chi connectivity index (χ3n) is 3.28. The van der Waals surface area contributed by atoms with E-state index < -0.39 is 0 Å². The van der Waals surface area contributed by atoms with E-state index in [4.69, 9.17) is 4.74 Å². The number of hydrogen-bond donors (Lipinski definition) is 1. The minimum atomic E-state index is 0.168. The molecule has 0 aliphatic rings. The van der Waals surface area contributed by atoms with Gasteiger partial charge in [-0.25, -0.2) is 0 Å². The molecule has 0 spiro atoms. The highest BCUT2D eigenvalue weighted by atomic mass is 16.5. The zero-order chi connectivity index (χ0) is 14.5. The van der Waals surface area contributed by atoms with Crippen molar-refractivity contribution in [3.8, 4) is 5.75 Å². The lowest BCUT2D eigenvalue weighted by molar-refractivity contribution is 0.335. The molecule has 0 radical (unpaired) electrons. The fraction of sp³-hybridized carbons (Fsp3) is 0.353. The smallest absolute Gasteiger partial charge is 0.124 e. The molecule has 0 aliphatic heterocycles. The zero-order valence-corrected chi connectivity index (χ0v) is 12.6. The number of para-hydroxylation sites is 1. The number of pyridine rings is 1. The van der Waals surface area contributed by atoms with Gasteiger partial charge in [-0.05, 0) is 45.9 Å². The summed E-state index contributed by atoms with van der Waals surface area (Å²) >= 11 is 0. The number of benzene rings is 1. The fourth-order valence-corrected chi connectivity index (χ4v) is 2.28. The molecule has 0 amide bonds. The van der Waals surface area contributed by atoms with Crippen LogP contribution in [0.25, 0.3) is 0 Å². The number of rotatable bonds is 5. The number of anilines is 1. The van der Waals surface area contributed by atoms with Crippen molar-refractivity contribution in [2.45, 2.75) is 33.7 Å². The molecule has 106 valence electrons. The van der Waals surface area contributed by atoms with Crippen molar-refractivity contribution in [2.24, 2.45) is 0 Å². The standard InChI is InChI=1S/C17H22N2O/c1-5-20-17-9-7-6-8-15(17)13(3)19-16-11-10-12(2)18-14(16)4/h6-11,13,19H,5H2,1-4H3. The SMILES string of the molecule is CCOc1ccccc1C(C)Nc1ccc(C)nc1C. The van der Waals surface area contributed by atoms with Gasteiger partial charge in [-0.15, -0.1) is 0 Å². The average Bonchev–Trinajstić information content (AvgIpc) is 2.43. The summed E-state index contributed by atoms with van der Waals surface area (Å²) in [6, 6.07) is 12.4. The van der Waals surface area contributed by atoms with Crippen molar-refractivity contribution in [1.82, 2.24) is 4.98 Å². The van der Waals surface area contributed by atoms with Crippen molar-refractivity contribution in [2.75, 3.05) is 11.9 Å². The number of nitrogens with one attached hydrogen (secondary N) is 1. The normalized spacial score (nSPS) is 12.0. The van der Waals surface area contributed by atoms with E-state index in [1.807, 2.05) is 45.0 Å². The predicted molar refractivity (Wildman–Crippen MR) is 83.4 cm³/mol. The van der Waals surface area contributed by atoms with Crippen molar-refractivity contribution in [3.05, 3.63) is 53.3 Å². The number of hydrogen-bond acceptors (Lipinski definition) is 3. The van der Waals surface area contributed by atoms with Crippen molar-refractivity contribution in [1.29, 1.82) is 0 Å². The monoisotopic (exact) mass is 270 g/mol. The first-order valence-electron chi connectivity index (χ1n) is 7.04. The molecule has 1 aromatic carbocycles. The van der Waals surface area contributed by atoms with E-state index in [9.17, 15) is 0 Å². The lowest BCUT2D eigenvalue weighted by Gasteiger charge is -2.20. The van der Waals surface area contributed by atoms with Gasteiger partial charge in [-0.2, -0.15) is 0 Å². The summed E-state index contributed by atoms with van der Waals surface area (Å²) in [7, 11) is 0. The van der Waals surface area contributed by atoms with Crippen molar-refractivity contribution >= 4 is 5.69 Å². The molecule has 0 saturated heterocycles. The molecule has 1 aromatic heterocycles. The second kappa shape index (κ2) is 6.42. The van der Waals surface area contributed by atoms with Crippen LogP contribution in [0.5, 0.6) is 5.75 Å². The van der Waals surface area contributed by atoms with Crippen LogP contribution in [0, 0.1) is 13.8 Å². The maximum atomic E-state index is 5.69. The minimum absolute atomic E-state index is 0.168. The highest BCUT2D eigenvalue weighted by Crippen LogP contribution is 2.28. The molecule has 1 heterocycles. The van der Waals surface area contributed by atoms with Gasteiger partial charge in [0, 0.05) is 11.3 Å². The van der Waals surface area contributed by atoms with E-state index in [0.717, 1.165) is 28.4 Å². The maximum absolute atomic E-state index is 5.69. The Labute approximate surface area is 121 Å². The van der Waals surface area contributed by atoms with Crippen molar-refractivity contribution < 1.29 is 4.74 Å². The molecule has 0 fully saturated rings. The Hall–Kier alpha value is -2.03. The lowest BCUT2D eigenvalue weighted by atomic mass is 10.1. The first kappa shape index (κ1) is 14.4. The van der Waals surface area contributed by atoms with Crippen LogP contribution in [0.15, 0.2) is 36.4 Å². The van der Waals surface area contributed by atoms with Gasteiger partial charge < -0.3 is 10.1 Å². The first-order chi connectivity index (χ1) is 9.61. The molecule has 0 saturated carbocycles. The second-order valence-corrected chi connectivity index (χ2v) is 4.92. The number of aromatic nitrogens is 1. The molecule has 2 rings (SSSR count). The zero-order valence-electron chi connectivity index (χ0n) is 12.6. The number of ether oxygens (including phenoxy) is 1. The van der Waals surface area contributed by atoms with E-state index in [0.29, 0.717) is 6.61 Å². The van der Waals surface area contributed by atoms with Crippen LogP contribution in [-0.2, 0) is 0 Å². The second-order valence-electron chi connectivity index (χ2n) is 4.92. The lowest BCUT2D eigenvalue weighted by Crippen LogP contribution is -2.10. The molecule has 1 atom stereocenters. The summed E-state index contributed by atoms with van der Waals surface area (Å²) in [5, 5.41) is 3.51. The summed E-state index contributed by atoms with van der Waals surface area (Å²) in [4.78, 5) is 4.49. The summed E-state index contributed by atoms with van der Waals surface area (Å²) in [5.74, 6) is 0.938. The van der Waals surface area contributed by atoms with Crippen LogP contribution < -0.4 is 10.1 Å². The van der Waals surface area contributed by atoms with Gasteiger partial charge in [-0.3, -0.25) is 4.98 Å². The van der Waals surface area contributed by atoms with Gasteiger partial charge in [0.25, 0.3) is 0 Å². The Kier molecular flexibility index (Phi) is 4.61. The highest BCUT2D eigenvalue weighted by molar-refractivity contribution is 5.51. The van der Waals surface area contributed by atoms with Gasteiger partial charge in [0.2, 0.25) is 0 Å². The summed E-state index contributed by atoms with van der Waals surface area (Å²) < 4.78 is 5.69. The molecular weight excluding hydrogens is 248 g/mol. The van der Waals surface area contributed by atoms with E-state index in [2.05, 4.69) is 29.4 Å². The molecular formula is C17H22N2O. The highest BCUT2D eigenvalue weighted by Gasteiger charge is 2.12. The topological polar surface area (TPSA) is 34.1 Å². The van der Waals surface area contributed by atoms with Gasteiger partial charge in [-0.1, -0.05) is 18.2 Å². The summed E-state index contributed by atoms with van der Waals surface area (Å²) in [6.07, 6.45) is 0. The Morgan fingerprint density at radius 2 is 1.90 bits per heavy atom. The fourth-order valence-electron chi connectivity index (χ4n) is 2.28. The van der Waals surface area contributed by atoms with E-state index >= 15 is 0 Å². The van der Waals surface area contributed by atoms with Gasteiger partial charge >= 0.3 is 0 Å². The molecule has 3 nitrogen and oxygen atoms in total. The Morgan fingerprint density at radius 3 is 2.60 bits per heavy atom. The van der Waals surface area contributed by atoms with E-state index in [1.165, 1.54) is 0 Å². The summed E-state index contributed by atoms with van der Waals surface area (Å²) in [6.45, 7) is 8.84. The summed E-state index contributed by atoms with van der Waals surface area (Å²) in [5.41, 5.74) is 4.28. The quantitative estimate of drug-likeness (QED) is 0.881. The van der Waals surface area contributed by atoms with Crippen LogP contribution in [0.2, 0.25) is 0 Å². The van der Waals surface area contributed by atoms with Crippen LogP contribution in [0.4, 0.5) is 5.69 Å². The van der Waals surface area contributed by atoms with Crippen LogP contribution in [-0.4, -0.2) is 11.6 Å². The van der Waals surface area contributed by atoms with E-state index in [1.54, 1.807) is 0 Å². The minimum Gasteiger partial charge on any atom is -0.494 e. The molecule has 0 aliphatic carbocycles. The molecule has 1 unspecified atom stereocenters. The molecule has 1 N–H and O–H groups in total. The molecule has 2 aromatic rings. The van der Waals surface area contributed by atoms with Crippen molar-refractivity contribution in [3.63, 3.8) is 0 Å². The average molecular weight is 270 g/mol. The molecule has 0 bridgehead atoms. The number of aryl methyl sites for hydroxylation is 2. The third-order valence-corrected chi connectivity index (χ3v) is 3.28. The predicted octanol–water partition coefficient (Wildman–Crippen LogP) is 4.27. The largest absolute Gasteiger partial charge is 0.494 e. The van der Waals surface area contributed by atoms with E-state index in [-0.39, 0.29) is 6.04 Å². The van der Waals surface area contributed by atoms with Gasteiger partial charge in [0.1, 0.15) is 5.75 Å². The number of nitrogens with zero attached hydrogens (tertiary/aromatic N) is 1. The van der Waals surface area contributed by atoms with Crippen LogP contribution in [0.3, 0.4) is 0 Å². The third kappa shape index (κ3) is 3.29. The maximum Gasteiger partial charge on any atom is 0.124 e. The van der Waals surface area contributed by atoms with Gasteiger partial charge in [0.05, 0.1) is 24.0 Å². The first-order valence-corrected chi connectivity index (χ1v) is 7.04. The Balaban J connectivity index is 2.21. The van der Waals surface area contributed by atoms with Crippen LogP contribution in [0.1, 0.15) is 36.8 Å². The van der Waals surface area contributed by atoms with Gasteiger partial charge in [0.15, 0.2) is 0 Å². The van der Waals surface area contributed by atoms with Crippen LogP contribution >= 0.6 is 0 Å². The Morgan fingerprint density at radius 1 is 1.15 bits per heavy atom. The molecule has 3 heteroatoms. The molecule has 20 heavy (non-hydrogen) atoms. The Bertz CT molecular complexity index is 581.